The number of carbonyl (C=O) groups excluding carboxylic acids is 4. The Kier molecular flexibility index (Phi) is 17.8. The molecule has 1 aliphatic heterocycles. The fourth-order valence-corrected chi connectivity index (χ4v) is 8.38. The van der Waals surface area contributed by atoms with E-state index >= 15 is 0 Å². The number of esters is 2. The molecule has 0 spiro atoms. The van der Waals surface area contributed by atoms with E-state index in [2.05, 4.69) is 35.4 Å². The SMILES string of the molecule is CC(=O)Cl.COC(=O)c1cc(OCC2CCCCC2)c2c(C(C)C)nn(-c3ccc(F)cc3)c2n1.COC(=O)c1cc(OCC2CCN(C(C)=O)CC2)c2c(C(C)C)nn(-c3ccc(F)cc3)c2n1. The Bertz CT molecular complexity index is 2740. The Morgan fingerprint density at radius 2 is 1.01 bits per heavy atom. The van der Waals surface area contributed by atoms with E-state index in [0.29, 0.717) is 71.8 Å². The molecular weight excluding hydrogens is 912 g/mol. The molecular formula is C51H60ClF2N7O8. The molecule has 4 aromatic heterocycles. The Hall–Kier alpha value is -6.49. The predicted octanol–water partition coefficient (Wildman–Crippen LogP) is 10.3. The highest BCUT2D eigenvalue weighted by molar-refractivity contribution is 6.62. The largest absolute Gasteiger partial charge is 0.492 e. The standard InChI is InChI=1S/C25H29FN4O4.C24H28FN3O3.C2H3ClO/c1-15(2)23-22-21(34-14-17-9-11-29(12-10-17)16(3)31)13-20(25(32)33-4)27-24(22)30(28-23)19-7-5-18(26)6-8-19;1-15(2)22-21-20(31-14-16-7-5-4-6-8-16)13-19(24(29)30-3)26-23(21)28(27-22)18-11-9-17(25)10-12-18;1-2(3)4/h5-8,13,15,17H,9-12,14H2,1-4H3;9-13,15-16H,4-8,14H2,1-3H3;1H3. The van der Waals surface area contributed by atoms with Gasteiger partial charge < -0.3 is 23.8 Å². The van der Waals surface area contributed by atoms with Gasteiger partial charge in [0.05, 0.1) is 61.0 Å². The Morgan fingerprint density at radius 1 is 0.638 bits per heavy atom. The van der Waals surface area contributed by atoms with Gasteiger partial charge in [0.25, 0.3) is 0 Å². The van der Waals surface area contributed by atoms with E-state index in [1.807, 2.05) is 18.7 Å². The number of piperidine rings is 1. The third kappa shape index (κ3) is 13.0. The van der Waals surface area contributed by atoms with Crippen LogP contribution in [0.25, 0.3) is 33.4 Å². The molecule has 6 aromatic rings. The number of fused-ring (bicyclic) bond motifs is 2. The second-order valence-electron chi connectivity index (χ2n) is 17.8. The van der Waals surface area contributed by atoms with Crippen LogP contribution in [0.3, 0.4) is 0 Å². The van der Waals surface area contributed by atoms with Crippen molar-refractivity contribution in [3.05, 3.63) is 95.1 Å². The summed E-state index contributed by atoms with van der Waals surface area (Å²) in [5.41, 5.74) is 4.08. The Balaban J connectivity index is 0.000000211. The van der Waals surface area contributed by atoms with Gasteiger partial charge in [-0.1, -0.05) is 47.0 Å². The van der Waals surface area contributed by atoms with E-state index in [1.165, 1.54) is 64.7 Å². The van der Waals surface area contributed by atoms with Gasteiger partial charge in [-0.25, -0.2) is 37.7 Å². The maximum absolute atomic E-state index is 13.5. The second-order valence-corrected chi connectivity index (χ2v) is 18.3. The molecule has 15 nitrogen and oxygen atoms in total. The van der Waals surface area contributed by atoms with Crippen LogP contribution in [0, 0.1) is 23.5 Å². The fourth-order valence-electron chi connectivity index (χ4n) is 8.38. The van der Waals surface area contributed by atoms with E-state index in [9.17, 15) is 28.0 Å². The number of carbonyl (C=O) groups is 4. The Labute approximate surface area is 405 Å². The molecule has 0 radical (unpaired) electrons. The number of rotatable bonds is 12. The van der Waals surface area contributed by atoms with E-state index in [-0.39, 0.29) is 51.9 Å². The van der Waals surface area contributed by atoms with Crippen molar-refractivity contribution in [1.82, 2.24) is 34.4 Å². The minimum absolute atomic E-state index is 0.0520. The van der Waals surface area contributed by atoms with Gasteiger partial charge in [0.15, 0.2) is 22.7 Å². The first-order chi connectivity index (χ1) is 33.0. The van der Waals surface area contributed by atoms with Gasteiger partial charge in [-0.15, -0.1) is 0 Å². The zero-order chi connectivity index (χ0) is 49.9. The molecule has 2 aliphatic rings. The fraction of sp³-hybridized carbons (Fsp3) is 0.451. The molecule has 0 N–H and O–H groups in total. The Morgan fingerprint density at radius 3 is 1.36 bits per heavy atom. The number of aromatic nitrogens is 6. The van der Waals surface area contributed by atoms with Crippen LogP contribution < -0.4 is 9.47 Å². The predicted molar refractivity (Wildman–Crippen MR) is 258 cm³/mol. The number of benzene rings is 2. The van der Waals surface area contributed by atoms with E-state index < -0.39 is 11.9 Å². The zero-order valence-electron chi connectivity index (χ0n) is 40.4. The molecule has 69 heavy (non-hydrogen) atoms. The lowest BCUT2D eigenvalue weighted by molar-refractivity contribution is -0.130. The first-order valence-corrected chi connectivity index (χ1v) is 23.6. The van der Waals surface area contributed by atoms with Crippen LogP contribution in [0.1, 0.15) is 131 Å². The number of likely N-dealkylation sites (tertiary alicyclic amines) is 1. The molecule has 368 valence electrons. The quantitative estimate of drug-likeness (QED) is 0.0841. The van der Waals surface area contributed by atoms with Crippen molar-refractivity contribution in [3.8, 4) is 22.9 Å². The normalized spacial score (nSPS) is 14.2. The van der Waals surface area contributed by atoms with Crippen molar-refractivity contribution in [3.63, 3.8) is 0 Å². The first-order valence-electron chi connectivity index (χ1n) is 23.2. The van der Waals surface area contributed by atoms with Crippen LogP contribution in [0.2, 0.25) is 0 Å². The summed E-state index contributed by atoms with van der Waals surface area (Å²) in [7, 11) is 2.63. The average Bonchev–Trinajstić information content (AvgIpc) is 3.93. The lowest BCUT2D eigenvalue weighted by atomic mass is 9.90. The van der Waals surface area contributed by atoms with Gasteiger partial charge in [-0.05, 0) is 109 Å². The minimum atomic E-state index is -0.584. The maximum Gasteiger partial charge on any atom is 0.356 e. The topological polar surface area (TPSA) is 170 Å². The number of pyridine rings is 2. The number of hydrogen-bond donors (Lipinski definition) is 0. The lowest BCUT2D eigenvalue weighted by Crippen LogP contribution is -2.38. The summed E-state index contributed by atoms with van der Waals surface area (Å²) >= 11 is 4.64. The summed E-state index contributed by atoms with van der Waals surface area (Å²) in [6, 6.07) is 15.2. The lowest BCUT2D eigenvalue weighted by Gasteiger charge is -2.31. The molecule has 1 aliphatic carbocycles. The van der Waals surface area contributed by atoms with Crippen LogP contribution in [-0.2, 0) is 19.1 Å². The third-order valence-electron chi connectivity index (χ3n) is 12.0. The van der Waals surface area contributed by atoms with Crippen LogP contribution in [0.5, 0.6) is 11.5 Å². The van der Waals surface area contributed by atoms with Gasteiger partial charge in [-0.2, -0.15) is 10.2 Å². The summed E-state index contributed by atoms with van der Waals surface area (Å²) in [5, 5.41) is 10.7. The van der Waals surface area contributed by atoms with Crippen LogP contribution in [0.15, 0.2) is 60.7 Å². The molecule has 0 bridgehead atoms. The molecule has 2 aromatic carbocycles. The molecule has 0 unspecified atom stereocenters. The third-order valence-corrected chi connectivity index (χ3v) is 12.0. The number of hydrogen-bond acceptors (Lipinski definition) is 12. The molecule has 2 fully saturated rings. The average molecular weight is 973 g/mol. The molecule has 18 heteroatoms. The minimum Gasteiger partial charge on any atom is -0.492 e. The van der Waals surface area contributed by atoms with Crippen molar-refractivity contribution in [2.45, 2.75) is 98.3 Å². The zero-order valence-corrected chi connectivity index (χ0v) is 41.1. The van der Waals surface area contributed by atoms with E-state index in [1.54, 1.807) is 52.7 Å². The molecule has 1 saturated carbocycles. The highest BCUT2D eigenvalue weighted by Crippen LogP contribution is 2.37. The van der Waals surface area contributed by atoms with Gasteiger partial charge in [-0.3, -0.25) is 9.59 Å². The van der Waals surface area contributed by atoms with Gasteiger partial charge in [0.1, 0.15) is 23.1 Å². The molecule has 8 rings (SSSR count). The molecule has 1 amide bonds. The summed E-state index contributed by atoms with van der Waals surface area (Å²) in [4.78, 5) is 56.5. The number of ether oxygens (including phenoxy) is 4. The van der Waals surface area contributed by atoms with Gasteiger partial charge in [0, 0.05) is 39.1 Å². The van der Waals surface area contributed by atoms with E-state index in [0.717, 1.165) is 42.5 Å². The molecule has 5 heterocycles. The number of amides is 1. The maximum atomic E-state index is 13.5. The summed E-state index contributed by atoms with van der Waals surface area (Å²) in [6.45, 7) is 13.5. The monoisotopic (exact) mass is 971 g/mol. The van der Waals surface area contributed by atoms with Crippen LogP contribution in [0.4, 0.5) is 8.78 Å². The van der Waals surface area contributed by atoms with Crippen molar-refractivity contribution in [2.24, 2.45) is 11.8 Å². The van der Waals surface area contributed by atoms with Crippen molar-refractivity contribution in [2.75, 3.05) is 40.5 Å². The second kappa shape index (κ2) is 23.7. The van der Waals surface area contributed by atoms with Crippen LogP contribution >= 0.6 is 11.6 Å². The van der Waals surface area contributed by atoms with Gasteiger partial charge >= 0.3 is 11.9 Å². The molecule has 1 saturated heterocycles. The highest BCUT2D eigenvalue weighted by atomic mass is 35.5. The van der Waals surface area contributed by atoms with Gasteiger partial charge in [0.2, 0.25) is 11.1 Å². The summed E-state index contributed by atoms with van der Waals surface area (Å²) in [6.07, 6.45) is 7.76. The molecule has 0 atom stereocenters. The van der Waals surface area contributed by atoms with Crippen LogP contribution in [-0.4, -0.2) is 98.0 Å². The summed E-state index contributed by atoms with van der Waals surface area (Å²) < 4.78 is 52.7. The highest BCUT2D eigenvalue weighted by Gasteiger charge is 2.27. The first kappa shape index (κ1) is 51.9. The van der Waals surface area contributed by atoms with Crippen molar-refractivity contribution < 1.29 is 46.9 Å². The van der Waals surface area contributed by atoms with Crippen molar-refractivity contribution in [1.29, 1.82) is 0 Å². The summed E-state index contributed by atoms with van der Waals surface area (Å²) in [5.74, 6) is 0.335. The number of nitrogens with zero attached hydrogens (tertiary/aromatic N) is 7. The van der Waals surface area contributed by atoms with E-state index in [4.69, 9.17) is 29.1 Å². The number of halogens is 3. The number of methoxy groups -OCH3 is 2. The smallest absolute Gasteiger partial charge is 0.356 e. The van der Waals surface area contributed by atoms with Crippen molar-refractivity contribution >= 4 is 56.8 Å².